The van der Waals surface area contributed by atoms with Gasteiger partial charge in [-0.05, 0) is 53.9 Å². The van der Waals surface area contributed by atoms with Gasteiger partial charge in [0.15, 0.2) is 0 Å². The standard InChI is InChI=1S/C29H32N4O2/c34-28-7-4-16-33(28)22-24-8-10-25(11-9-24)29(35)30-26-12-14-27(15-13-26)32-19-17-31(18-20-32)21-23-5-2-1-3-6-23/h1-3,5-6,8-15H,4,7,16-22H2,(H,30,35). The highest BCUT2D eigenvalue weighted by Gasteiger charge is 2.20. The van der Waals surface area contributed by atoms with Gasteiger partial charge in [0, 0.05) is 69.2 Å². The van der Waals surface area contributed by atoms with Crippen molar-refractivity contribution in [3.8, 4) is 0 Å². The second-order valence-electron chi connectivity index (χ2n) is 9.37. The SMILES string of the molecule is O=C(Nc1ccc(N2CCN(Cc3ccccc3)CC2)cc1)c1ccc(CN2CCCC2=O)cc1. The Bertz CT molecular complexity index is 1140. The van der Waals surface area contributed by atoms with Crippen LogP contribution in [-0.2, 0) is 17.9 Å². The molecule has 0 unspecified atom stereocenters. The van der Waals surface area contributed by atoms with Gasteiger partial charge in [0.25, 0.3) is 5.91 Å². The average molecular weight is 469 g/mol. The van der Waals surface area contributed by atoms with Crippen molar-refractivity contribution in [2.45, 2.75) is 25.9 Å². The van der Waals surface area contributed by atoms with Crippen LogP contribution in [0.1, 0.15) is 34.3 Å². The van der Waals surface area contributed by atoms with E-state index in [0.29, 0.717) is 18.5 Å². The summed E-state index contributed by atoms with van der Waals surface area (Å²) in [6.07, 6.45) is 1.58. The quantitative estimate of drug-likeness (QED) is 0.559. The average Bonchev–Trinajstić information content (AvgIpc) is 3.30. The van der Waals surface area contributed by atoms with Crippen LogP contribution in [0.25, 0.3) is 0 Å². The number of piperazine rings is 1. The van der Waals surface area contributed by atoms with Crippen molar-refractivity contribution in [3.63, 3.8) is 0 Å². The number of rotatable bonds is 7. The molecule has 3 aromatic carbocycles. The Morgan fingerprint density at radius 1 is 0.743 bits per heavy atom. The van der Waals surface area contributed by atoms with Crippen LogP contribution in [0.3, 0.4) is 0 Å². The zero-order valence-corrected chi connectivity index (χ0v) is 20.0. The third-order valence-electron chi connectivity index (χ3n) is 6.87. The lowest BCUT2D eigenvalue weighted by atomic mass is 10.1. The van der Waals surface area contributed by atoms with Gasteiger partial charge in [-0.2, -0.15) is 0 Å². The Labute approximate surface area is 207 Å². The van der Waals surface area contributed by atoms with Gasteiger partial charge in [0.05, 0.1) is 0 Å². The smallest absolute Gasteiger partial charge is 0.255 e. The molecule has 0 aromatic heterocycles. The molecule has 2 aliphatic rings. The molecule has 5 rings (SSSR count). The fraction of sp³-hybridized carbons (Fsp3) is 0.310. The van der Waals surface area contributed by atoms with E-state index in [-0.39, 0.29) is 11.8 Å². The zero-order chi connectivity index (χ0) is 24.0. The van der Waals surface area contributed by atoms with Crippen molar-refractivity contribution >= 4 is 23.2 Å². The molecule has 6 heteroatoms. The van der Waals surface area contributed by atoms with Gasteiger partial charge in [0.2, 0.25) is 5.91 Å². The number of amides is 2. The summed E-state index contributed by atoms with van der Waals surface area (Å²) in [5.41, 5.74) is 4.99. The summed E-state index contributed by atoms with van der Waals surface area (Å²) in [5.74, 6) is 0.0837. The summed E-state index contributed by atoms with van der Waals surface area (Å²) >= 11 is 0. The minimum absolute atomic E-state index is 0.129. The molecule has 0 bridgehead atoms. The zero-order valence-electron chi connectivity index (χ0n) is 20.0. The second kappa shape index (κ2) is 10.7. The Morgan fingerprint density at radius 2 is 1.43 bits per heavy atom. The van der Waals surface area contributed by atoms with Crippen molar-refractivity contribution in [3.05, 3.63) is 95.6 Å². The first kappa shape index (κ1) is 23.1. The maximum absolute atomic E-state index is 12.7. The van der Waals surface area contributed by atoms with Crippen molar-refractivity contribution < 1.29 is 9.59 Å². The van der Waals surface area contributed by atoms with Crippen LogP contribution in [0.4, 0.5) is 11.4 Å². The molecule has 1 N–H and O–H groups in total. The van der Waals surface area contributed by atoms with Gasteiger partial charge in [-0.15, -0.1) is 0 Å². The van der Waals surface area contributed by atoms with Gasteiger partial charge in [0.1, 0.15) is 0 Å². The summed E-state index contributed by atoms with van der Waals surface area (Å²) in [6, 6.07) is 26.2. The number of hydrogen-bond acceptors (Lipinski definition) is 4. The lowest BCUT2D eigenvalue weighted by Crippen LogP contribution is -2.45. The third-order valence-corrected chi connectivity index (χ3v) is 6.87. The first-order chi connectivity index (χ1) is 17.1. The van der Waals surface area contributed by atoms with Crippen LogP contribution in [-0.4, -0.2) is 54.3 Å². The number of benzene rings is 3. The topological polar surface area (TPSA) is 55.9 Å². The van der Waals surface area contributed by atoms with Crippen molar-refractivity contribution in [1.82, 2.24) is 9.80 Å². The van der Waals surface area contributed by atoms with Gasteiger partial charge >= 0.3 is 0 Å². The minimum atomic E-state index is -0.129. The van der Waals surface area contributed by atoms with E-state index >= 15 is 0 Å². The van der Waals surface area contributed by atoms with Crippen LogP contribution in [0.15, 0.2) is 78.9 Å². The van der Waals surface area contributed by atoms with Crippen molar-refractivity contribution in [2.24, 2.45) is 0 Å². The van der Waals surface area contributed by atoms with Crippen LogP contribution in [0.2, 0.25) is 0 Å². The number of carbonyl (C=O) groups is 2. The second-order valence-corrected chi connectivity index (χ2v) is 9.37. The summed E-state index contributed by atoms with van der Waals surface area (Å²) in [4.78, 5) is 31.3. The highest BCUT2D eigenvalue weighted by Crippen LogP contribution is 2.21. The Kier molecular flexibility index (Phi) is 7.09. The first-order valence-electron chi connectivity index (χ1n) is 12.4. The van der Waals surface area contributed by atoms with E-state index in [1.54, 1.807) is 0 Å². The van der Waals surface area contributed by atoms with Crippen molar-refractivity contribution in [1.29, 1.82) is 0 Å². The molecule has 2 saturated heterocycles. The molecule has 2 aliphatic heterocycles. The molecule has 0 atom stereocenters. The summed E-state index contributed by atoms with van der Waals surface area (Å²) in [6.45, 7) is 6.49. The van der Waals surface area contributed by atoms with Gasteiger partial charge in [-0.3, -0.25) is 14.5 Å². The fourth-order valence-electron chi connectivity index (χ4n) is 4.82. The molecule has 3 aromatic rings. The number of likely N-dealkylation sites (tertiary alicyclic amines) is 1. The maximum atomic E-state index is 12.7. The molecule has 2 amide bonds. The molecule has 2 heterocycles. The molecule has 2 fully saturated rings. The normalized spacial score (nSPS) is 16.5. The molecule has 0 aliphatic carbocycles. The number of anilines is 2. The van der Waals surface area contributed by atoms with E-state index in [4.69, 9.17) is 0 Å². The molecule has 0 spiro atoms. The molecule has 0 saturated carbocycles. The van der Waals surface area contributed by atoms with E-state index in [0.717, 1.165) is 56.9 Å². The van der Waals surface area contributed by atoms with Gasteiger partial charge in [-0.1, -0.05) is 42.5 Å². The molecule has 180 valence electrons. The molecular formula is C29H32N4O2. The fourth-order valence-corrected chi connectivity index (χ4v) is 4.82. The highest BCUT2D eigenvalue weighted by atomic mass is 16.2. The maximum Gasteiger partial charge on any atom is 0.255 e. The number of nitrogens with zero attached hydrogens (tertiary/aromatic N) is 3. The van der Waals surface area contributed by atoms with Gasteiger partial charge < -0.3 is 15.1 Å². The van der Waals surface area contributed by atoms with Gasteiger partial charge in [-0.25, -0.2) is 0 Å². The predicted molar refractivity (Wildman–Crippen MR) is 139 cm³/mol. The third kappa shape index (κ3) is 5.89. The first-order valence-corrected chi connectivity index (χ1v) is 12.4. The minimum Gasteiger partial charge on any atom is -0.369 e. The van der Waals surface area contributed by atoms with Crippen LogP contribution >= 0.6 is 0 Å². The molecule has 35 heavy (non-hydrogen) atoms. The Hall–Kier alpha value is -3.64. The summed E-state index contributed by atoms with van der Waals surface area (Å²) < 4.78 is 0. The van der Waals surface area contributed by atoms with Crippen LogP contribution < -0.4 is 10.2 Å². The van der Waals surface area contributed by atoms with E-state index in [1.165, 1.54) is 11.3 Å². The lowest BCUT2D eigenvalue weighted by Gasteiger charge is -2.36. The van der Waals surface area contributed by atoms with Crippen LogP contribution in [0.5, 0.6) is 0 Å². The van der Waals surface area contributed by atoms with E-state index in [9.17, 15) is 9.59 Å². The van der Waals surface area contributed by atoms with Crippen LogP contribution in [0, 0.1) is 0 Å². The number of hydrogen-bond donors (Lipinski definition) is 1. The molecule has 6 nitrogen and oxygen atoms in total. The molecule has 0 radical (unpaired) electrons. The predicted octanol–water partition coefficient (Wildman–Crippen LogP) is 4.38. The van der Waals surface area contributed by atoms with E-state index in [1.807, 2.05) is 41.3 Å². The Balaban J connectivity index is 1.11. The monoisotopic (exact) mass is 468 g/mol. The molecular weight excluding hydrogens is 436 g/mol. The Morgan fingerprint density at radius 3 is 2.09 bits per heavy atom. The van der Waals surface area contributed by atoms with E-state index in [2.05, 4.69) is 57.6 Å². The van der Waals surface area contributed by atoms with E-state index < -0.39 is 0 Å². The summed E-state index contributed by atoms with van der Waals surface area (Å²) in [7, 11) is 0. The summed E-state index contributed by atoms with van der Waals surface area (Å²) in [5, 5.41) is 2.99. The number of carbonyl (C=O) groups excluding carboxylic acids is 2. The van der Waals surface area contributed by atoms with Crippen molar-refractivity contribution in [2.75, 3.05) is 42.9 Å². The largest absolute Gasteiger partial charge is 0.369 e. The number of nitrogens with one attached hydrogen (secondary N) is 1. The highest BCUT2D eigenvalue weighted by molar-refractivity contribution is 6.04. The lowest BCUT2D eigenvalue weighted by molar-refractivity contribution is -0.128.